The largest absolute Gasteiger partial charge is 0.302 e. The third-order valence-electron chi connectivity index (χ3n) is 4.56. The summed E-state index contributed by atoms with van der Waals surface area (Å²) in [5.41, 5.74) is 0.877. The molecule has 1 nitrogen and oxygen atoms in total. The summed E-state index contributed by atoms with van der Waals surface area (Å²) in [5.74, 6) is 0. The highest BCUT2D eigenvalue weighted by atomic mass is 32.1. The van der Waals surface area contributed by atoms with Crippen molar-refractivity contribution < 1.29 is 8.78 Å². The molecular formula is C15H25F2NS. The van der Waals surface area contributed by atoms with E-state index in [-0.39, 0.29) is 5.41 Å². The number of thiol groups is 1. The Hall–Kier alpha value is -0.0900. The fourth-order valence-electron chi connectivity index (χ4n) is 3.21. The quantitative estimate of drug-likeness (QED) is 0.756. The van der Waals surface area contributed by atoms with E-state index in [1.54, 1.807) is 0 Å². The Morgan fingerprint density at radius 1 is 1.26 bits per heavy atom. The molecule has 0 amide bonds. The van der Waals surface area contributed by atoms with Crippen molar-refractivity contribution in [3.05, 3.63) is 11.7 Å². The molecule has 1 unspecified atom stereocenters. The fraction of sp³-hybridized carbons (Fsp3) is 0.867. The Morgan fingerprint density at radius 3 is 2.16 bits per heavy atom. The van der Waals surface area contributed by atoms with E-state index in [0.29, 0.717) is 29.1 Å². The number of hydrogen-bond donors (Lipinski definition) is 1. The lowest BCUT2D eigenvalue weighted by molar-refractivity contribution is 0.173. The van der Waals surface area contributed by atoms with E-state index in [0.717, 1.165) is 19.6 Å². The predicted octanol–water partition coefficient (Wildman–Crippen LogP) is 4.36. The maximum Gasteiger partial charge on any atom is 0.269 e. The van der Waals surface area contributed by atoms with Crippen LogP contribution >= 0.6 is 12.6 Å². The Labute approximate surface area is 120 Å². The monoisotopic (exact) mass is 289 g/mol. The van der Waals surface area contributed by atoms with E-state index in [1.165, 1.54) is 12.8 Å². The molecule has 0 bridgehead atoms. The number of hydrogen-bond acceptors (Lipinski definition) is 2. The van der Waals surface area contributed by atoms with Gasteiger partial charge in [0.15, 0.2) is 0 Å². The van der Waals surface area contributed by atoms with Crippen molar-refractivity contribution in [3.8, 4) is 0 Å². The van der Waals surface area contributed by atoms with Gasteiger partial charge < -0.3 is 4.90 Å². The summed E-state index contributed by atoms with van der Waals surface area (Å²) in [4.78, 5) is 2.36. The molecular weight excluding hydrogens is 264 g/mol. The van der Waals surface area contributed by atoms with Crippen molar-refractivity contribution in [2.24, 2.45) is 10.8 Å². The Morgan fingerprint density at radius 2 is 1.79 bits per heavy atom. The van der Waals surface area contributed by atoms with Crippen molar-refractivity contribution in [2.75, 3.05) is 19.6 Å². The third kappa shape index (κ3) is 3.52. The highest BCUT2D eigenvalue weighted by Gasteiger charge is 2.52. The molecule has 1 aliphatic heterocycles. The number of piperidine rings is 1. The molecule has 2 rings (SSSR count). The van der Waals surface area contributed by atoms with Gasteiger partial charge in [-0.05, 0) is 42.1 Å². The van der Waals surface area contributed by atoms with Crippen LogP contribution in [0.25, 0.3) is 0 Å². The second kappa shape index (κ2) is 5.36. The molecule has 0 spiro atoms. The zero-order valence-corrected chi connectivity index (χ0v) is 13.1. The van der Waals surface area contributed by atoms with Crippen molar-refractivity contribution >= 4 is 12.6 Å². The fourth-order valence-corrected chi connectivity index (χ4v) is 3.55. The normalized spacial score (nSPS) is 25.3. The molecule has 1 heterocycles. The van der Waals surface area contributed by atoms with Gasteiger partial charge in [-0.25, -0.2) is 0 Å². The molecule has 0 aromatic carbocycles. The van der Waals surface area contributed by atoms with E-state index in [4.69, 9.17) is 12.6 Å². The number of nitrogens with zero attached hydrogens (tertiary/aromatic N) is 1. The van der Waals surface area contributed by atoms with Gasteiger partial charge in [-0.2, -0.15) is 21.4 Å². The van der Waals surface area contributed by atoms with Crippen LogP contribution < -0.4 is 0 Å². The van der Waals surface area contributed by atoms with Gasteiger partial charge in [0.2, 0.25) is 0 Å². The van der Waals surface area contributed by atoms with Gasteiger partial charge in [0.25, 0.3) is 6.08 Å². The first-order valence-corrected chi connectivity index (χ1v) is 7.70. The lowest BCUT2D eigenvalue weighted by Gasteiger charge is -2.38. The van der Waals surface area contributed by atoms with Crippen LogP contribution in [-0.4, -0.2) is 29.8 Å². The van der Waals surface area contributed by atoms with Crippen LogP contribution in [0.2, 0.25) is 0 Å². The molecule has 1 atom stereocenters. The van der Waals surface area contributed by atoms with Crippen LogP contribution in [0.3, 0.4) is 0 Å². The molecule has 2 aliphatic rings. The van der Waals surface area contributed by atoms with E-state index in [1.807, 2.05) is 0 Å². The van der Waals surface area contributed by atoms with Crippen LogP contribution in [0.1, 0.15) is 46.5 Å². The number of likely N-dealkylation sites (tertiary alicyclic amines) is 1. The average Bonchev–Trinajstić information content (AvgIpc) is 3.08. The van der Waals surface area contributed by atoms with E-state index in [9.17, 15) is 8.78 Å². The van der Waals surface area contributed by atoms with E-state index >= 15 is 0 Å². The molecule has 2 fully saturated rings. The first-order valence-electron chi connectivity index (χ1n) is 7.18. The van der Waals surface area contributed by atoms with Gasteiger partial charge in [0.05, 0.1) is 0 Å². The first-order chi connectivity index (χ1) is 8.74. The molecule has 1 saturated carbocycles. The highest BCUT2D eigenvalue weighted by molar-refractivity contribution is 7.81. The predicted molar refractivity (Wildman–Crippen MR) is 78.8 cm³/mol. The van der Waals surface area contributed by atoms with Crippen LogP contribution in [0, 0.1) is 10.8 Å². The second-order valence-electron chi connectivity index (χ2n) is 7.27. The smallest absolute Gasteiger partial charge is 0.269 e. The van der Waals surface area contributed by atoms with Crippen LogP contribution in [0.15, 0.2) is 11.7 Å². The standard InChI is InChI=1S/C15H25F2NS/c1-14(2,3)13(19)15(6-7-15)10-18-8-4-11(5-9-18)12(16)17/h13,19H,4-10H2,1-3H3. The second-order valence-corrected chi connectivity index (χ2v) is 7.79. The summed E-state index contributed by atoms with van der Waals surface area (Å²) in [6.45, 7) is 9.29. The molecule has 19 heavy (non-hydrogen) atoms. The molecule has 0 radical (unpaired) electrons. The minimum absolute atomic E-state index is 0.200. The van der Waals surface area contributed by atoms with Gasteiger partial charge in [0.1, 0.15) is 0 Å². The van der Waals surface area contributed by atoms with Crippen molar-refractivity contribution in [3.63, 3.8) is 0 Å². The lowest BCUT2D eigenvalue weighted by atomic mass is 9.81. The molecule has 0 aromatic rings. The zero-order chi connectivity index (χ0) is 14.3. The zero-order valence-electron chi connectivity index (χ0n) is 12.2. The summed E-state index contributed by atoms with van der Waals surface area (Å²) in [6, 6.07) is 0. The molecule has 1 aliphatic carbocycles. The average molecular weight is 289 g/mol. The van der Waals surface area contributed by atoms with Gasteiger partial charge >= 0.3 is 0 Å². The van der Waals surface area contributed by atoms with Gasteiger partial charge in [-0.1, -0.05) is 20.8 Å². The molecule has 110 valence electrons. The Bertz CT molecular complexity index is 355. The first kappa shape index (κ1) is 15.3. The van der Waals surface area contributed by atoms with Gasteiger partial charge in [-0.3, -0.25) is 0 Å². The minimum Gasteiger partial charge on any atom is -0.302 e. The Balaban J connectivity index is 1.91. The van der Waals surface area contributed by atoms with Gasteiger partial charge in [0, 0.05) is 24.9 Å². The molecule has 0 aromatic heterocycles. The van der Waals surface area contributed by atoms with Crippen LogP contribution in [0.4, 0.5) is 8.78 Å². The van der Waals surface area contributed by atoms with E-state index in [2.05, 4.69) is 25.7 Å². The maximum absolute atomic E-state index is 12.5. The summed E-state index contributed by atoms with van der Waals surface area (Å²) in [6.07, 6.45) is 2.07. The van der Waals surface area contributed by atoms with Gasteiger partial charge in [-0.15, -0.1) is 0 Å². The summed E-state index contributed by atoms with van der Waals surface area (Å²) in [7, 11) is 0. The van der Waals surface area contributed by atoms with Crippen LogP contribution in [0.5, 0.6) is 0 Å². The molecule has 4 heteroatoms. The van der Waals surface area contributed by atoms with Crippen molar-refractivity contribution in [1.29, 1.82) is 0 Å². The van der Waals surface area contributed by atoms with Crippen LogP contribution in [-0.2, 0) is 0 Å². The van der Waals surface area contributed by atoms with Crippen molar-refractivity contribution in [1.82, 2.24) is 4.90 Å². The number of rotatable bonds is 3. The third-order valence-corrected chi connectivity index (χ3v) is 5.88. The topological polar surface area (TPSA) is 3.24 Å². The highest BCUT2D eigenvalue weighted by Crippen LogP contribution is 2.56. The molecule has 0 N–H and O–H groups in total. The summed E-state index contributed by atoms with van der Waals surface area (Å²) >= 11 is 4.85. The van der Waals surface area contributed by atoms with Crippen molar-refractivity contribution in [2.45, 2.75) is 51.7 Å². The Kier molecular flexibility index (Phi) is 4.32. The van der Waals surface area contributed by atoms with E-state index < -0.39 is 6.08 Å². The molecule has 1 saturated heterocycles. The lowest BCUT2D eigenvalue weighted by Crippen LogP contribution is -2.42. The minimum atomic E-state index is -1.46. The summed E-state index contributed by atoms with van der Waals surface area (Å²) in [5, 5.41) is 0.384. The SMILES string of the molecule is CC(C)(C)C(S)C1(CN2CCC(=C(F)F)CC2)CC1. The maximum atomic E-state index is 12.5. The summed E-state index contributed by atoms with van der Waals surface area (Å²) < 4.78 is 25.1. The number of halogens is 2.